The lowest BCUT2D eigenvalue weighted by atomic mass is 10.2. The number of hydrogen-bond donors (Lipinski definition) is 1. The molecule has 0 saturated carbocycles. The number of aliphatic imine (C=N–C) groups is 2. The number of aromatic nitrogens is 4. The van der Waals surface area contributed by atoms with Crippen LogP contribution >= 0.6 is 23.1 Å². The number of rotatable bonds is 4. The Hall–Kier alpha value is -2.72. The number of carbonyl (C=O) groups is 1. The molecule has 27 heavy (non-hydrogen) atoms. The Morgan fingerprint density at radius 1 is 1.22 bits per heavy atom. The van der Waals surface area contributed by atoms with Crippen molar-refractivity contribution < 1.29 is 4.79 Å². The minimum Gasteiger partial charge on any atom is -0.294 e. The third-order valence-corrected chi connectivity index (χ3v) is 5.78. The summed E-state index contributed by atoms with van der Waals surface area (Å²) in [4.78, 5) is 29.6. The van der Waals surface area contributed by atoms with Gasteiger partial charge in [0.25, 0.3) is 5.95 Å². The van der Waals surface area contributed by atoms with Gasteiger partial charge >= 0.3 is 0 Å². The van der Waals surface area contributed by atoms with Gasteiger partial charge in [0.1, 0.15) is 5.01 Å². The number of nitrogens with one attached hydrogen (secondary N) is 1. The molecule has 0 spiro atoms. The van der Waals surface area contributed by atoms with Crippen molar-refractivity contribution in [2.45, 2.75) is 24.6 Å². The highest BCUT2D eigenvalue weighted by atomic mass is 32.2. The molecule has 8 nitrogen and oxygen atoms in total. The number of benzene rings is 1. The van der Waals surface area contributed by atoms with Crippen molar-refractivity contribution in [3.8, 4) is 0 Å². The Labute approximate surface area is 163 Å². The Morgan fingerprint density at radius 3 is 2.89 bits per heavy atom. The number of aryl methyl sites for hydroxylation is 2. The molecule has 4 rings (SSSR count). The first-order chi connectivity index (χ1) is 13.1. The number of para-hydroxylation sites is 1. The largest absolute Gasteiger partial charge is 0.294 e. The summed E-state index contributed by atoms with van der Waals surface area (Å²) in [6.45, 7) is 3.81. The molecule has 0 atom stereocenters. The van der Waals surface area contributed by atoms with E-state index in [0.29, 0.717) is 5.75 Å². The van der Waals surface area contributed by atoms with Crippen LogP contribution in [0.3, 0.4) is 0 Å². The second-order valence-electron chi connectivity index (χ2n) is 5.84. The van der Waals surface area contributed by atoms with Crippen LogP contribution in [0.1, 0.15) is 17.1 Å². The molecule has 136 valence electrons. The molecule has 2 aromatic heterocycles. The van der Waals surface area contributed by atoms with Gasteiger partial charge in [0.05, 0.1) is 17.6 Å². The van der Waals surface area contributed by atoms with Crippen LogP contribution in [0.25, 0.3) is 10.9 Å². The summed E-state index contributed by atoms with van der Waals surface area (Å²) >= 11 is 3.03. The highest BCUT2D eigenvalue weighted by Gasteiger charge is 2.18. The number of guanidine groups is 1. The van der Waals surface area contributed by atoms with E-state index in [0.717, 1.165) is 31.7 Å². The molecule has 1 N–H and O–H groups in total. The van der Waals surface area contributed by atoms with E-state index < -0.39 is 0 Å². The lowest BCUT2D eigenvalue weighted by Gasteiger charge is -2.13. The first-order valence-electron chi connectivity index (χ1n) is 8.18. The Morgan fingerprint density at radius 2 is 2.07 bits per heavy atom. The van der Waals surface area contributed by atoms with E-state index in [1.54, 1.807) is 0 Å². The van der Waals surface area contributed by atoms with Crippen LogP contribution in [0.4, 0.5) is 5.95 Å². The van der Waals surface area contributed by atoms with Crippen LogP contribution in [-0.2, 0) is 4.79 Å². The minimum atomic E-state index is -0.148. The molecular formula is C17H15N7OS2. The molecule has 0 bridgehead atoms. The number of amides is 1. The highest BCUT2D eigenvalue weighted by molar-refractivity contribution is 8.01. The second kappa shape index (κ2) is 7.49. The number of thioether (sulfide) groups is 1. The van der Waals surface area contributed by atoms with E-state index in [2.05, 4.69) is 35.5 Å². The average molecular weight is 397 g/mol. The van der Waals surface area contributed by atoms with E-state index in [9.17, 15) is 4.79 Å². The number of nitrogens with zero attached hydrogens (tertiary/aromatic N) is 6. The lowest BCUT2D eigenvalue weighted by molar-refractivity contribution is -0.118. The van der Waals surface area contributed by atoms with Crippen molar-refractivity contribution >= 4 is 57.5 Å². The molecule has 0 aliphatic carbocycles. The van der Waals surface area contributed by atoms with Crippen molar-refractivity contribution in [2.24, 2.45) is 9.98 Å². The van der Waals surface area contributed by atoms with Crippen molar-refractivity contribution in [1.29, 1.82) is 0 Å². The first-order valence-corrected chi connectivity index (χ1v) is 9.98. The quantitative estimate of drug-likeness (QED) is 0.679. The van der Waals surface area contributed by atoms with Crippen LogP contribution < -0.4 is 5.32 Å². The first kappa shape index (κ1) is 17.7. The maximum atomic E-state index is 12.0. The normalized spacial score (nSPS) is 15.9. The summed E-state index contributed by atoms with van der Waals surface area (Å²) in [5.74, 6) is 0.896. The van der Waals surface area contributed by atoms with Crippen LogP contribution in [0.5, 0.6) is 0 Å². The molecule has 10 heteroatoms. The van der Waals surface area contributed by atoms with Gasteiger partial charge in [0.15, 0.2) is 4.34 Å². The zero-order chi connectivity index (χ0) is 18.8. The molecule has 1 aliphatic rings. The summed E-state index contributed by atoms with van der Waals surface area (Å²) in [5.41, 5.74) is 2.36. The van der Waals surface area contributed by atoms with Crippen molar-refractivity contribution in [3.63, 3.8) is 0 Å². The smallest absolute Gasteiger partial charge is 0.253 e. The summed E-state index contributed by atoms with van der Waals surface area (Å²) in [5, 5.41) is 12.6. The van der Waals surface area contributed by atoms with Crippen LogP contribution in [-0.4, -0.2) is 43.5 Å². The lowest BCUT2D eigenvalue weighted by Crippen LogP contribution is -2.36. The molecule has 1 aromatic carbocycles. The fourth-order valence-electron chi connectivity index (χ4n) is 2.55. The van der Waals surface area contributed by atoms with Crippen molar-refractivity contribution in [3.05, 3.63) is 35.0 Å². The van der Waals surface area contributed by atoms with Crippen molar-refractivity contribution in [1.82, 2.24) is 25.5 Å². The van der Waals surface area contributed by atoms with Crippen LogP contribution in [0.2, 0.25) is 0 Å². The molecule has 0 unspecified atom stereocenters. The Kier molecular flexibility index (Phi) is 4.90. The molecule has 1 amide bonds. The summed E-state index contributed by atoms with van der Waals surface area (Å²) in [6, 6.07) is 7.73. The molecule has 1 aliphatic heterocycles. The standard InChI is InChI=1S/C17H15N7OS2/c1-9-12-5-3-4-6-13(12)20-15(18-9)22-16-19-11(7-14(25)21-16)8-26-17-24-23-10(2)27-17/h3-6H,7-8H2,1-2H3,(H,18,20,21,22,25). The van der Waals surface area contributed by atoms with Gasteiger partial charge in [-0.15, -0.1) is 10.2 Å². The van der Waals surface area contributed by atoms with Gasteiger partial charge in [-0.2, -0.15) is 4.99 Å². The summed E-state index contributed by atoms with van der Waals surface area (Å²) in [7, 11) is 0. The maximum Gasteiger partial charge on any atom is 0.253 e. The number of hydrogen-bond acceptors (Lipinski definition) is 8. The van der Waals surface area contributed by atoms with E-state index in [4.69, 9.17) is 0 Å². The SMILES string of the molecule is Cc1nnc(SCC2=NC(=Nc3nc(C)c4ccccc4n3)NC(=O)C2)s1. The topological polar surface area (TPSA) is 105 Å². The van der Waals surface area contributed by atoms with E-state index in [1.165, 1.54) is 23.1 Å². The fraction of sp³-hybridized carbons (Fsp3) is 0.235. The zero-order valence-electron chi connectivity index (χ0n) is 14.6. The highest BCUT2D eigenvalue weighted by Crippen LogP contribution is 2.23. The van der Waals surface area contributed by atoms with Gasteiger partial charge in [-0.3, -0.25) is 10.1 Å². The third-order valence-electron chi connectivity index (χ3n) is 3.74. The third kappa shape index (κ3) is 4.17. The van der Waals surface area contributed by atoms with Gasteiger partial charge < -0.3 is 0 Å². The van der Waals surface area contributed by atoms with E-state index in [1.807, 2.05) is 38.1 Å². The number of fused-ring (bicyclic) bond motifs is 1. The van der Waals surface area contributed by atoms with Gasteiger partial charge in [0.2, 0.25) is 11.9 Å². The molecule has 3 heterocycles. The monoisotopic (exact) mass is 397 g/mol. The van der Waals surface area contributed by atoms with Gasteiger partial charge in [0, 0.05) is 16.9 Å². The summed E-state index contributed by atoms with van der Waals surface area (Å²) in [6.07, 6.45) is 0.238. The van der Waals surface area contributed by atoms with Crippen LogP contribution in [0.15, 0.2) is 38.6 Å². The average Bonchev–Trinajstić information content (AvgIpc) is 3.05. The predicted octanol–water partition coefficient (Wildman–Crippen LogP) is 2.84. The Bertz CT molecular complexity index is 1090. The minimum absolute atomic E-state index is 0.148. The zero-order valence-corrected chi connectivity index (χ0v) is 16.3. The van der Waals surface area contributed by atoms with E-state index in [-0.39, 0.29) is 24.2 Å². The van der Waals surface area contributed by atoms with Gasteiger partial charge in [-0.25, -0.2) is 15.0 Å². The van der Waals surface area contributed by atoms with Crippen LogP contribution in [0, 0.1) is 13.8 Å². The van der Waals surface area contributed by atoms with E-state index >= 15 is 0 Å². The maximum absolute atomic E-state index is 12.0. The Balaban J connectivity index is 1.59. The predicted molar refractivity (Wildman–Crippen MR) is 107 cm³/mol. The van der Waals surface area contributed by atoms with Gasteiger partial charge in [-0.1, -0.05) is 41.3 Å². The fourth-order valence-corrected chi connectivity index (χ4v) is 4.30. The molecule has 0 fully saturated rings. The molecule has 3 aromatic rings. The van der Waals surface area contributed by atoms with Gasteiger partial charge in [-0.05, 0) is 19.9 Å². The molecule has 0 saturated heterocycles. The number of carbonyl (C=O) groups excluding carboxylic acids is 1. The second-order valence-corrected chi connectivity index (χ2v) is 8.24. The molecule has 0 radical (unpaired) electrons. The van der Waals surface area contributed by atoms with Crippen molar-refractivity contribution in [2.75, 3.05) is 5.75 Å². The summed E-state index contributed by atoms with van der Waals surface area (Å²) < 4.78 is 0.855. The molecular weight excluding hydrogens is 382 g/mol.